The molecule has 6 heteroatoms. The summed E-state index contributed by atoms with van der Waals surface area (Å²) in [7, 11) is 0. The maximum atomic E-state index is 6.28. The van der Waals surface area contributed by atoms with E-state index < -0.39 is 0 Å². The van der Waals surface area contributed by atoms with E-state index in [-0.39, 0.29) is 5.54 Å². The Morgan fingerprint density at radius 1 is 1.19 bits per heavy atom. The normalized spacial score (nSPS) is 16.8. The number of nitrogens with zero attached hydrogens (tertiary/aromatic N) is 4. The van der Waals surface area contributed by atoms with Crippen molar-refractivity contribution in [2.45, 2.75) is 59.9 Å². The fourth-order valence-corrected chi connectivity index (χ4v) is 4.41. The largest absolute Gasteiger partial charge is 0.382 e. The molecule has 1 aliphatic heterocycles. The molecule has 32 heavy (non-hydrogen) atoms. The molecule has 0 amide bonds. The van der Waals surface area contributed by atoms with Crippen molar-refractivity contribution in [3.63, 3.8) is 0 Å². The van der Waals surface area contributed by atoms with Crippen LogP contribution >= 0.6 is 0 Å². The summed E-state index contributed by atoms with van der Waals surface area (Å²) in [5.74, 6) is 0.486. The highest BCUT2D eigenvalue weighted by atomic mass is 16.5. The number of piperazine rings is 1. The number of benzene rings is 1. The zero-order chi connectivity index (χ0) is 23.3. The minimum absolute atomic E-state index is 0.275. The number of nitrogens with two attached hydrogens (primary N) is 1. The van der Waals surface area contributed by atoms with Crippen LogP contribution in [0.3, 0.4) is 0 Å². The first kappa shape index (κ1) is 24.6. The third-order valence-electron chi connectivity index (χ3n) is 6.38. The monoisotopic (exact) mass is 439 g/mol. The van der Waals surface area contributed by atoms with Crippen molar-refractivity contribution in [2.75, 3.05) is 51.7 Å². The first-order chi connectivity index (χ1) is 15.2. The number of anilines is 1. The number of aromatic nitrogens is 1. The average molecular weight is 440 g/mol. The van der Waals surface area contributed by atoms with E-state index in [1.807, 2.05) is 13.8 Å². The molecule has 0 bridgehead atoms. The molecule has 1 aliphatic rings. The molecule has 2 heterocycles. The zero-order valence-corrected chi connectivity index (χ0v) is 20.9. The number of aryl methyl sites for hydroxylation is 2. The van der Waals surface area contributed by atoms with Gasteiger partial charge in [-0.25, -0.2) is 4.98 Å². The smallest absolute Gasteiger partial charge is 0.150 e. The summed E-state index contributed by atoms with van der Waals surface area (Å²) in [6.07, 6.45) is 2.22. The van der Waals surface area contributed by atoms with Crippen LogP contribution in [-0.4, -0.2) is 72.0 Å². The topological polar surface area (TPSA) is 67.0 Å². The van der Waals surface area contributed by atoms with Gasteiger partial charge in [-0.05, 0) is 78.1 Å². The predicted molar refractivity (Wildman–Crippen MR) is 136 cm³/mol. The van der Waals surface area contributed by atoms with E-state index in [0.29, 0.717) is 19.0 Å². The number of pyridine rings is 1. The first-order valence-corrected chi connectivity index (χ1v) is 12.0. The molecule has 0 atom stereocenters. The molecule has 0 saturated carbocycles. The van der Waals surface area contributed by atoms with Crippen molar-refractivity contribution >= 4 is 28.1 Å². The van der Waals surface area contributed by atoms with Gasteiger partial charge >= 0.3 is 0 Å². The van der Waals surface area contributed by atoms with Gasteiger partial charge in [-0.2, -0.15) is 0 Å². The summed E-state index contributed by atoms with van der Waals surface area (Å²) in [6.45, 7) is 19.9. The maximum Gasteiger partial charge on any atom is 0.150 e. The molecule has 6 nitrogen and oxygen atoms in total. The van der Waals surface area contributed by atoms with Gasteiger partial charge in [0.2, 0.25) is 0 Å². The predicted octanol–water partition coefficient (Wildman–Crippen LogP) is 4.60. The number of hydrogen-bond acceptors (Lipinski definition) is 6. The molecule has 0 spiro atoms. The second kappa shape index (κ2) is 10.7. The van der Waals surface area contributed by atoms with Crippen molar-refractivity contribution in [3.8, 4) is 0 Å². The number of rotatable bonds is 8. The summed E-state index contributed by atoms with van der Waals surface area (Å²) in [6, 6.07) is 6.59. The summed E-state index contributed by atoms with van der Waals surface area (Å²) < 4.78 is 5.45. The summed E-state index contributed by atoms with van der Waals surface area (Å²) in [5.41, 5.74) is 11.6. The summed E-state index contributed by atoms with van der Waals surface area (Å²) in [4.78, 5) is 14.5. The molecular formula is C26H41N5O. The minimum atomic E-state index is 0.275. The molecule has 3 rings (SSSR count). The van der Waals surface area contributed by atoms with Gasteiger partial charge < -0.3 is 15.4 Å². The van der Waals surface area contributed by atoms with Crippen molar-refractivity contribution < 1.29 is 4.74 Å². The highest BCUT2D eigenvalue weighted by Gasteiger charge is 2.25. The van der Waals surface area contributed by atoms with Crippen molar-refractivity contribution in [1.29, 1.82) is 0 Å². The quantitative estimate of drug-likeness (QED) is 0.609. The van der Waals surface area contributed by atoms with E-state index in [4.69, 9.17) is 10.5 Å². The van der Waals surface area contributed by atoms with Gasteiger partial charge in [0.15, 0.2) is 0 Å². The third-order valence-corrected chi connectivity index (χ3v) is 6.38. The SMILES string of the molecule is CCOCC(C)=Nc1c(N)nc2cc(CCCN3CCN(C(C)(C)C)CC3)ccc2c1C. The lowest BCUT2D eigenvalue weighted by molar-refractivity contribution is 0.0619. The molecule has 0 radical (unpaired) electrons. The van der Waals surface area contributed by atoms with Crippen LogP contribution in [0, 0.1) is 6.92 Å². The molecule has 176 valence electrons. The Labute approximate surface area is 193 Å². The number of fused-ring (bicyclic) bond motifs is 1. The Balaban J connectivity index is 1.62. The highest BCUT2D eigenvalue weighted by Crippen LogP contribution is 2.32. The van der Waals surface area contributed by atoms with Crippen molar-refractivity contribution in [1.82, 2.24) is 14.8 Å². The Bertz CT molecular complexity index is 939. The number of ether oxygens (including phenoxy) is 1. The fraction of sp³-hybridized carbons (Fsp3) is 0.615. The molecule has 1 fully saturated rings. The maximum absolute atomic E-state index is 6.28. The lowest BCUT2D eigenvalue weighted by Gasteiger charge is -2.42. The van der Waals surface area contributed by atoms with Crippen LogP contribution in [0.25, 0.3) is 10.9 Å². The van der Waals surface area contributed by atoms with Crippen LogP contribution in [0.1, 0.15) is 52.2 Å². The van der Waals surface area contributed by atoms with Gasteiger partial charge in [0.25, 0.3) is 0 Å². The first-order valence-electron chi connectivity index (χ1n) is 12.0. The minimum Gasteiger partial charge on any atom is -0.382 e. The Morgan fingerprint density at radius 3 is 2.56 bits per heavy atom. The molecule has 0 aliphatic carbocycles. The lowest BCUT2D eigenvalue weighted by Crippen LogP contribution is -2.53. The molecule has 0 unspecified atom stereocenters. The Hall–Kier alpha value is -2.02. The second-order valence-corrected chi connectivity index (χ2v) is 9.91. The van der Waals surface area contributed by atoms with Crippen LogP contribution in [0.5, 0.6) is 0 Å². The highest BCUT2D eigenvalue weighted by molar-refractivity contribution is 5.94. The van der Waals surface area contributed by atoms with Crippen molar-refractivity contribution in [3.05, 3.63) is 29.3 Å². The number of aliphatic imine (C=N–C) groups is 1. The Kier molecular flexibility index (Phi) is 8.26. The van der Waals surface area contributed by atoms with Gasteiger partial charge in [-0.1, -0.05) is 12.1 Å². The van der Waals surface area contributed by atoms with E-state index in [2.05, 4.69) is 65.7 Å². The van der Waals surface area contributed by atoms with Gasteiger partial charge in [-0.15, -0.1) is 0 Å². The number of hydrogen-bond donors (Lipinski definition) is 1. The van der Waals surface area contributed by atoms with Crippen LogP contribution in [0.2, 0.25) is 0 Å². The molecular weight excluding hydrogens is 398 g/mol. The van der Waals surface area contributed by atoms with Crippen LogP contribution in [0.15, 0.2) is 23.2 Å². The fourth-order valence-electron chi connectivity index (χ4n) is 4.41. The second-order valence-electron chi connectivity index (χ2n) is 9.91. The molecule has 2 aromatic rings. The zero-order valence-electron chi connectivity index (χ0n) is 20.9. The van der Waals surface area contributed by atoms with Crippen LogP contribution < -0.4 is 5.73 Å². The number of nitrogen functional groups attached to an aromatic ring is 1. The lowest BCUT2D eigenvalue weighted by atomic mass is 10.0. The van der Waals surface area contributed by atoms with E-state index in [1.54, 1.807) is 0 Å². The van der Waals surface area contributed by atoms with E-state index in [1.165, 1.54) is 5.56 Å². The van der Waals surface area contributed by atoms with Crippen LogP contribution in [0.4, 0.5) is 11.5 Å². The summed E-state index contributed by atoms with van der Waals surface area (Å²) >= 11 is 0. The standard InChI is InChI=1S/C26H41N5O/c1-7-32-18-19(2)28-24-20(3)22-11-10-21(17-23(22)29-25(24)27)9-8-12-30-13-15-31(16-14-30)26(4,5)6/h10-11,17H,7-9,12-16,18H2,1-6H3,(H2,27,29). The molecule has 2 N–H and O–H groups in total. The van der Waals surface area contributed by atoms with E-state index in [0.717, 1.165) is 73.4 Å². The van der Waals surface area contributed by atoms with Gasteiger partial charge in [0, 0.05) is 49.4 Å². The average Bonchev–Trinajstić information content (AvgIpc) is 2.75. The van der Waals surface area contributed by atoms with E-state index in [9.17, 15) is 0 Å². The van der Waals surface area contributed by atoms with Crippen molar-refractivity contribution in [2.24, 2.45) is 4.99 Å². The molecule has 1 aromatic heterocycles. The molecule has 1 aromatic carbocycles. The third kappa shape index (κ3) is 6.27. The van der Waals surface area contributed by atoms with Crippen LogP contribution in [-0.2, 0) is 11.2 Å². The Morgan fingerprint density at radius 2 is 1.91 bits per heavy atom. The van der Waals surface area contributed by atoms with Gasteiger partial charge in [0.05, 0.1) is 12.1 Å². The van der Waals surface area contributed by atoms with Gasteiger partial charge in [-0.3, -0.25) is 9.89 Å². The summed E-state index contributed by atoms with van der Waals surface area (Å²) in [5, 5.41) is 1.12. The van der Waals surface area contributed by atoms with Gasteiger partial charge in [0.1, 0.15) is 11.5 Å². The molecule has 1 saturated heterocycles. The van der Waals surface area contributed by atoms with E-state index >= 15 is 0 Å².